The van der Waals surface area contributed by atoms with E-state index in [0.717, 1.165) is 22.9 Å². The van der Waals surface area contributed by atoms with Gasteiger partial charge in [0.25, 0.3) is 0 Å². The molecule has 0 amide bonds. The Bertz CT molecular complexity index is 1610. The van der Waals surface area contributed by atoms with Crippen LogP contribution in [0, 0.1) is 5.82 Å². The number of cyclic esters (lactones) is 1. The standard InChI is InChI=1S/C29H27BrFN3O6/c30-18-3-1-2-17(12-18)26-25(16-40-29(26)38)39-11-10-32-6-8-33(9-7-32)24-14-23-20(13-22(24)31)27(35)21(28(36)37)15-34(23)19-4-5-19/h1-3,12-15,19H,4-11,16H2,(H,36,37). The minimum atomic E-state index is -1.31. The Balaban J connectivity index is 1.12. The van der Waals surface area contributed by atoms with E-state index in [2.05, 4.69) is 20.8 Å². The largest absolute Gasteiger partial charge is 0.492 e. The maximum absolute atomic E-state index is 15.3. The molecule has 0 spiro atoms. The molecular formula is C29H27BrFN3O6. The second kappa shape index (κ2) is 10.7. The average molecular weight is 612 g/mol. The molecule has 3 heterocycles. The molecular weight excluding hydrogens is 585 g/mol. The Hall–Kier alpha value is -3.70. The Morgan fingerprint density at radius 3 is 2.60 bits per heavy atom. The zero-order valence-corrected chi connectivity index (χ0v) is 23.2. The third-order valence-corrected chi connectivity index (χ3v) is 8.09. The average Bonchev–Trinajstić information content (AvgIpc) is 3.71. The monoisotopic (exact) mass is 611 g/mol. The molecule has 2 aliphatic heterocycles. The van der Waals surface area contributed by atoms with E-state index < -0.39 is 23.2 Å². The topological polar surface area (TPSA) is 101 Å². The Morgan fingerprint density at radius 1 is 1.12 bits per heavy atom. The highest BCUT2D eigenvalue weighted by Gasteiger charge is 2.30. The second-order valence-corrected chi connectivity index (χ2v) is 11.1. The number of nitrogens with zero attached hydrogens (tertiary/aromatic N) is 3. The highest BCUT2D eigenvalue weighted by molar-refractivity contribution is 9.10. The molecule has 9 nitrogen and oxygen atoms in total. The lowest BCUT2D eigenvalue weighted by Crippen LogP contribution is -2.47. The first-order chi connectivity index (χ1) is 19.3. The van der Waals surface area contributed by atoms with E-state index in [1.807, 2.05) is 33.7 Å². The van der Waals surface area contributed by atoms with Crippen LogP contribution in [0.1, 0.15) is 34.8 Å². The normalized spacial score (nSPS) is 17.9. The van der Waals surface area contributed by atoms with Crippen LogP contribution in [-0.2, 0) is 14.3 Å². The van der Waals surface area contributed by atoms with Crippen molar-refractivity contribution < 1.29 is 28.6 Å². The summed E-state index contributed by atoms with van der Waals surface area (Å²) in [5, 5.41) is 9.55. The lowest BCUT2D eigenvalue weighted by atomic mass is 10.1. The van der Waals surface area contributed by atoms with Crippen LogP contribution in [0.2, 0.25) is 0 Å². The van der Waals surface area contributed by atoms with Crippen molar-refractivity contribution in [3.63, 3.8) is 0 Å². The summed E-state index contributed by atoms with van der Waals surface area (Å²) in [6, 6.07) is 10.4. The number of carboxylic acids is 1. The fourth-order valence-corrected chi connectivity index (χ4v) is 5.74. The maximum Gasteiger partial charge on any atom is 0.342 e. The Labute approximate surface area is 237 Å². The van der Waals surface area contributed by atoms with Crippen LogP contribution in [0.25, 0.3) is 16.5 Å². The maximum atomic E-state index is 15.3. The van der Waals surface area contributed by atoms with Gasteiger partial charge in [0.15, 0.2) is 0 Å². The van der Waals surface area contributed by atoms with Crippen molar-refractivity contribution in [3.05, 3.63) is 80.0 Å². The van der Waals surface area contributed by atoms with Gasteiger partial charge < -0.3 is 24.0 Å². The van der Waals surface area contributed by atoms with Gasteiger partial charge in [-0.05, 0) is 42.7 Å². The van der Waals surface area contributed by atoms with Crippen LogP contribution < -0.4 is 10.3 Å². The summed E-state index contributed by atoms with van der Waals surface area (Å²) >= 11 is 3.43. The number of rotatable bonds is 8. The number of fused-ring (bicyclic) bond motifs is 1. The van der Waals surface area contributed by atoms with Crippen molar-refractivity contribution in [2.75, 3.05) is 50.8 Å². The molecule has 40 heavy (non-hydrogen) atoms. The number of carboxylic acid groups (broad SMARTS) is 1. The molecule has 0 atom stereocenters. The predicted molar refractivity (Wildman–Crippen MR) is 150 cm³/mol. The van der Waals surface area contributed by atoms with Crippen molar-refractivity contribution in [1.82, 2.24) is 9.47 Å². The summed E-state index contributed by atoms with van der Waals surface area (Å²) in [6.07, 6.45) is 3.18. The van der Waals surface area contributed by atoms with Crippen LogP contribution in [0.4, 0.5) is 10.1 Å². The highest BCUT2D eigenvalue weighted by atomic mass is 79.9. The number of aromatic nitrogens is 1. The fraction of sp³-hybridized carbons (Fsp3) is 0.345. The van der Waals surface area contributed by atoms with Gasteiger partial charge >= 0.3 is 11.9 Å². The van der Waals surface area contributed by atoms with Gasteiger partial charge in [-0.1, -0.05) is 28.1 Å². The molecule has 1 saturated carbocycles. The van der Waals surface area contributed by atoms with Crippen LogP contribution in [0.5, 0.6) is 0 Å². The van der Waals surface area contributed by atoms with E-state index in [-0.39, 0.29) is 23.6 Å². The molecule has 1 saturated heterocycles. The van der Waals surface area contributed by atoms with Gasteiger partial charge in [-0.15, -0.1) is 0 Å². The summed E-state index contributed by atoms with van der Waals surface area (Å²) in [5.74, 6) is -1.72. The first-order valence-corrected chi connectivity index (χ1v) is 14.0. The number of halogens is 2. The van der Waals surface area contributed by atoms with Gasteiger partial charge in [-0.2, -0.15) is 0 Å². The summed E-state index contributed by atoms with van der Waals surface area (Å²) in [7, 11) is 0. The van der Waals surface area contributed by atoms with Crippen molar-refractivity contribution in [2.24, 2.45) is 0 Å². The smallest absolute Gasteiger partial charge is 0.342 e. The van der Waals surface area contributed by atoms with Gasteiger partial charge in [0, 0.05) is 54.8 Å². The van der Waals surface area contributed by atoms with Crippen LogP contribution in [0.3, 0.4) is 0 Å². The van der Waals surface area contributed by atoms with Gasteiger partial charge in [0.05, 0.1) is 11.2 Å². The molecule has 0 unspecified atom stereocenters. The minimum absolute atomic E-state index is 0.0924. The number of esters is 1. The molecule has 208 valence electrons. The van der Waals surface area contributed by atoms with Gasteiger partial charge in [-0.25, -0.2) is 14.0 Å². The predicted octanol–water partition coefficient (Wildman–Crippen LogP) is 4.04. The molecule has 2 fully saturated rings. The van der Waals surface area contributed by atoms with Gasteiger partial charge in [0.1, 0.15) is 35.9 Å². The van der Waals surface area contributed by atoms with Gasteiger partial charge in [-0.3, -0.25) is 9.69 Å². The number of ether oxygens (including phenoxy) is 2. The Morgan fingerprint density at radius 2 is 1.90 bits per heavy atom. The molecule has 2 aromatic carbocycles. The van der Waals surface area contributed by atoms with E-state index >= 15 is 4.39 Å². The lowest BCUT2D eigenvalue weighted by Gasteiger charge is -2.36. The quantitative estimate of drug-likeness (QED) is 0.381. The number of carbonyl (C=O) groups is 2. The van der Waals surface area contributed by atoms with E-state index in [4.69, 9.17) is 9.47 Å². The number of piperazine rings is 1. The number of aromatic carboxylic acids is 1. The first kappa shape index (κ1) is 26.5. The third kappa shape index (κ3) is 5.11. The number of hydrogen-bond donors (Lipinski definition) is 1. The molecule has 1 aromatic heterocycles. The molecule has 1 N–H and O–H groups in total. The zero-order valence-electron chi connectivity index (χ0n) is 21.6. The van der Waals surface area contributed by atoms with Crippen molar-refractivity contribution >= 4 is 50.0 Å². The number of carbonyl (C=O) groups excluding carboxylic acids is 1. The first-order valence-electron chi connectivity index (χ1n) is 13.2. The SMILES string of the molecule is O=C1OCC(OCCN2CCN(c3cc4c(cc3F)c(=O)c(C(=O)O)cn4C3CC3)CC2)=C1c1cccc(Br)c1. The highest BCUT2D eigenvalue weighted by Crippen LogP contribution is 2.38. The third-order valence-electron chi connectivity index (χ3n) is 7.60. The van der Waals surface area contributed by atoms with E-state index in [9.17, 15) is 19.5 Å². The van der Waals surface area contributed by atoms with E-state index in [1.54, 1.807) is 6.07 Å². The lowest BCUT2D eigenvalue weighted by molar-refractivity contribution is -0.134. The summed E-state index contributed by atoms with van der Waals surface area (Å²) in [5.41, 5.74) is 1.15. The minimum Gasteiger partial charge on any atom is -0.492 e. The van der Waals surface area contributed by atoms with Gasteiger partial charge in [0.2, 0.25) is 5.43 Å². The number of anilines is 1. The summed E-state index contributed by atoms with van der Waals surface area (Å²) in [4.78, 5) is 40.8. The number of hydrogen-bond acceptors (Lipinski definition) is 7. The molecule has 1 aliphatic carbocycles. The Kier molecular flexibility index (Phi) is 7.09. The molecule has 0 bridgehead atoms. The van der Waals surface area contributed by atoms with E-state index in [0.29, 0.717) is 61.9 Å². The molecule has 3 aliphatic rings. The van der Waals surface area contributed by atoms with Crippen LogP contribution >= 0.6 is 15.9 Å². The number of benzene rings is 2. The summed E-state index contributed by atoms with van der Waals surface area (Å²) in [6.45, 7) is 3.65. The molecule has 0 radical (unpaired) electrons. The molecule has 11 heteroatoms. The number of pyridine rings is 1. The van der Waals surface area contributed by atoms with Crippen molar-refractivity contribution in [2.45, 2.75) is 18.9 Å². The van der Waals surface area contributed by atoms with E-state index in [1.165, 1.54) is 12.3 Å². The van der Waals surface area contributed by atoms with Crippen LogP contribution in [-0.4, -0.2) is 72.4 Å². The van der Waals surface area contributed by atoms with Crippen LogP contribution in [0.15, 0.2) is 57.6 Å². The summed E-state index contributed by atoms with van der Waals surface area (Å²) < 4.78 is 29.1. The fourth-order valence-electron chi connectivity index (χ4n) is 5.34. The zero-order chi connectivity index (χ0) is 28.0. The van der Waals surface area contributed by atoms with Crippen molar-refractivity contribution in [3.8, 4) is 0 Å². The molecule has 3 aromatic rings. The van der Waals surface area contributed by atoms with Crippen molar-refractivity contribution in [1.29, 1.82) is 0 Å². The molecule has 6 rings (SSSR count). The second-order valence-electron chi connectivity index (χ2n) is 10.2.